The third kappa shape index (κ3) is 4.20. The number of ether oxygens (including phenoxy) is 2. The van der Waals surface area contributed by atoms with Crippen molar-refractivity contribution in [2.75, 3.05) is 44.0 Å². The number of anilines is 2. The van der Waals surface area contributed by atoms with E-state index in [-0.39, 0.29) is 0 Å². The summed E-state index contributed by atoms with van der Waals surface area (Å²) >= 11 is 0. The molecular formula is C12H21N5O2. The van der Waals surface area contributed by atoms with Gasteiger partial charge in [0.05, 0.1) is 13.2 Å². The van der Waals surface area contributed by atoms with E-state index in [2.05, 4.69) is 25.6 Å². The maximum atomic E-state index is 5.45. The minimum Gasteiger partial charge on any atom is -0.464 e. The summed E-state index contributed by atoms with van der Waals surface area (Å²) in [6, 6.07) is 0.337. The topological polar surface area (TPSA) is 81.2 Å². The van der Waals surface area contributed by atoms with Crippen LogP contribution in [0.5, 0.6) is 6.01 Å². The highest BCUT2D eigenvalue weighted by Gasteiger charge is 2.14. The van der Waals surface area contributed by atoms with E-state index in [1.807, 2.05) is 6.92 Å². The van der Waals surface area contributed by atoms with E-state index in [1.165, 1.54) is 6.42 Å². The molecule has 1 atom stereocenters. The summed E-state index contributed by atoms with van der Waals surface area (Å²) in [4.78, 5) is 12.6. The Morgan fingerprint density at radius 3 is 2.84 bits per heavy atom. The summed E-state index contributed by atoms with van der Waals surface area (Å²) in [6.07, 6.45) is 2.30. The lowest BCUT2D eigenvalue weighted by Gasteiger charge is -2.22. The highest BCUT2D eigenvalue weighted by molar-refractivity contribution is 5.35. The predicted octanol–water partition coefficient (Wildman–Crippen LogP) is 1.15. The fraction of sp³-hybridized carbons (Fsp3) is 0.750. The zero-order chi connectivity index (χ0) is 13.5. The van der Waals surface area contributed by atoms with Crippen LogP contribution in [-0.4, -0.2) is 48.4 Å². The molecule has 1 aliphatic rings. The number of nitrogens with one attached hydrogen (secondary N) is 2. The van der Waals surface area contributed by atoms with Gasteiger partial charge in [0.25, 0.3) is 0 Å². The summed E-state index contributed by atoms with van der Waals surface area (Å²) < 4.78 is 10.8. The molecule has 7 nitrogen and oxygen atoms in total. The lowest BCUT2D eigenvalue weighted by atomic mass is 10.0. The minimum absolute atomic E-state index is 0.337. The Morgan fingerprint density at radius 1 is 1.32 bits per heavy atom. The molecule has 1 unspecified atom stereocenters. The standard InChI is InChI=1S/C12H21N5O2/c1-3-19-12-16-10(13-2)15-11(17-12)14-7-9-5-4-6-18-8-9/h9H,3-8H2,1-2H3,(H2,13,14,15,16,17). The quantitative estimate of drug-likeness (QED) is 0.800. The van der Waals surface area contributed by atoms with Crippen molar-refractivity contribution >= 4 is 11.9 Å². The number of rotatable bonds is 6. The van der Waals surface area contributed by atoms with Crippen molar-refractivity contribution in [3.8, 4) is 6.01 Å². The van der Waals surface area contributed by atoms with Gasteiger partial charge < -0.3 is 20.1 Å². The number of hydrogen-bond donors (Lipinski definition) is 2. The molecule has 1 aromatic rings. The fourth-order valence-electron chi connectivity index (χ4n) is 1.95. The molecule has 0 saturated carbocycles. The van der Waals surface area contributed by atoms with E-state index in [1.54, 1.807) is 7.05 Å². The summed E-state index contributed by atoms with van der Waals surface area (Å²) in [7, 11) is 1.77. The molecule has 0 aromatic carbocycles. The lowest BCUT2D eigenvalue weighted by Crippen LogP contribution is -2.25. The normalized spacial score (nSPS) is 18.9. The Hall–Kier alpha value is -1.63. The van der Waals surface area contributed by atoms with Gasteiger partial charge in [-0.2, -0.15) is 15.0 Å². The average Bonchev–Trinajstić information content (AvgIpc) is 2.46. The van der Waals surface area contributed by atoms with Crippen LogP contribution in [0.4, 0.5) is 11.9 Å². The Bertz CT molecular complexity index is 396. The molecule has 1 aliphatic heterocycles. The van der Waals surface area contributed by atoms with Crippen LogP contribution < -0.4 is 15.4 Å². The van der Waals surface area contributed by atoms with E-state index in [0.29, 0.717) is 30.4 Å². The molecule has 0 bridgehead atoms. The molecule has 0 spiro atoms. The predicted molar refractivity (Wildman–Crippen MR) is 72.6 cm³/mol. The van der Waals surface area contributed by atoms with E-state index < -0.39 is 0 Å². The van der Waals surface area contributed by atoms with Crippen LogP contribution in [0.3, 0.4) is 0 Å². The Morgan fingerprint density at radius 2 is 2.16 bits per heavy atom. The van der Waals surface area contributed by atoms with Crippen molar-refractivity contribution in [3.63, 3.8) is 0 Å². The van der Waals surface area contributed by atoms with Gasteiger partial charge in [-0.05, 0) is 25.7 Å². The fourth-order valence-corrected chi connectivity index (χ4v) is 1.95. The third-order valence-electron chi connectivity index (χ3n) is 2.92. The molecule has 2 N–H and O–H groups in total. The summed E-state index contributed by atoms with van der Waals surface area (Å²) in [5.74, 6) is 1.55. The highest BCUT2D eigenvalue weighted by Crippen LogP contribution is 2.15. The molecule has 1 aromatic heterocycles. The molecule has 1 fully saturated rings. The summed E-state index contributed by atoms with van der Waals surface area (Å²) in [5, 5.41) is 6.12. The van der Waals surface area contributed by atoms with E-state index in [9.17, 15) is 0 Å². The molecule has 2 rings (SSSR count). The average molecular weight is 267 g/mol. The molecular weight excluding hydrogens is 246 g/mol. The third-order valence-corrected chi connectivity index (χ3v) is 2.92. The van der Waals surface area contributed by atoms with Crippen LogP contribution in [0, 0.1) is 5.92 Å². The minimum atomic E-state index is 0.337. The van der Waals surface area contributed by atoms with Crippen molar-refractivity contribution in [2.24, 2.45) is 5.92 Å². The second-order valence-electron chi connectivity index (χ2n) is 4.41. The smallest absolute Gasteiger partial charge is 0.323 e. The van der Waals surface area contributed by atoms with Crippen LogP contribution in [0.25, 0.3) is 0 Å². The monoisotopic (exact) mass is 267 g/mol. The Kier molecular flexibility index (Phi) is 5.14. The summed E-state index contributed by atoms with van der Waals surface area (Å²) in [6.45, 7) is 4.91. The van der Waals surface area contributed by atoms with Gasteiger partial charge in [0.15, 0.2) is 0 Å². The van der Waals surface area contributed by atoms with Gasteiger partial charge in [0.2, 0.25) is 11.9 Å². The van der Waals surface area contributed by atoms with E-state index in [0.717, 1.165) is 26.2 Å². The van der Waals surface area contributed by atoms with Crippen molar-refractivity contribution in [1.29, 1.82) is 0 Å². The van der Waals surface area contributed by atoms with Gasteiger partial charge in [-0.1, -0.05) is 0 Å². The SMILES string of the molecule is CCOc1nc(NC)nc(NCC2CCCOC2)n1. The van der Waals surface area contributed by atoms with Crippen molar-refractivity contribution in [1.82, 2.24) is 15.0 Å². The van der Waals surface area contributed by atoms with Crippen molar-refractivity contribution < 1.29 is 9.47 Å². The molecule has 0 amide bonds. The zero-order valence-electron chi connectivity index (χ0n) is 11.5. The van der Waals surface area contributed by atoms with Crippen LogP contribution in [0.2, 0.25) is 0 Å². The first-order valence-electron chi connectivity index (χ1n) is 6.70. The number of hydrogen-bond acceptors (Lipinski definition) is 7. The van der Waals surface area contributed by atoms with Crippen molar-refractivity contribution in [3.05, 3.63) is 0 Å². The maximum absolute atomic E-state index is 5.45. The first-order valence-corrected chi connectivity index (χ1v) is 6.70. The first kappa shape index (κ1) is 13.8. The van der Waals surface area contributed by atoms with Crippen LogP contribution in [0.15, 0.2) is 0 Å². The van der Waals surface area contributed by atoms with Crippen LogP contribution in [-0.2, 0) is 4.74 Å². The van der Waals surface area contributed by atoms with Gasteiger partial charge in [-0.3, -0.25) is 0 Å². The second-order valence-corrected chi connectivity index (χ2v) is 4.41. The highest BCUT2D eigenvalue weighted by atomic mass is 16.5. The van der Waals surface area contributed by atoms with Gasteiger partial charge in [-0.25, -0.2) is 0 Å². The first-order chi connectivity index (χ1) is 9.31. The molecule has 1 saturated heterocycles. The molecule has 106 valence electrons. The van der Waals surface area contributed by atoms with E-state index >= 15 is 0 Å². The van der Waals surface area contributed by atoms with Gasteiger partial charge >= 0.3 is 6.01 Å². The van der Waals surface area contributed by atoms with Crippen molar-refractivity contribution in [2.45, 2.75) is 19.8 Å². The summed E-state index contributed by atoms with van der Waals surface area (Å²) in [5.41, 5.74) is 0. The number of aromatic nitrogens is 3. The second kappa shape index (κ2) is 7.08. The Balaban J connectivity index is 1.95. The zero-order valence-corrected chi connectivity index (χ0v) is 11.5. The van der Waals surface area contributed by atoms with Gasteiger partial charge in [0, 0.05) is 20.2 Å². The molecule has 0 radical (unpaired) electrons. The van der Waals surface area contributed by atoms with E-state index in [4.69, 9.17) is 9.47 Å². The Labute approximate surface area is 113 Å². The van der Waals surface area contributed by atoms with Crippen LogP contribution >= 0.6 is 0 Å². The maximum Gasteiger partial charge on any atom is 0.323 e. The molecule has 0 aliphatic carbocycles. The molecule has 2 heterocycles. The largest absolute Gasteiger partial charge is 0.464 e. The van der Waals surface area contributed by atoms with Crippen LogP contribution in [0.1, 0.15) is 19.8 Å². The van der Waals surface area contributed by atoms with Gasteiger partial charge in [-0.15, -0.1) is 0 Å². The number of nitrogens with zero attached hydrogens (tertiary/aromatic N) is 3. The molecule has 19 heavy (non-hydrogen) atoms. The lowest BCUT2D eigenvalue weighted by molar-refractivity contribution is 0.0594. The molecule has 7 heteroatoms. The van der Waals surface area contributed by atoms with Gasteiger partial charge in [0.1, 0.15) is 0 Å².